The maximum absolute atomic E-state index is 13.2. The molecular formula is C23H30N2O3S. The van der Waals surface area contributed by atoms with Gasteiger partial charge in [0, 0.05) is 24.3 Å². The van der Waals surface area contributed by atoms with Crippen LogP contribution >= 0.6 is 0 Å². The van der Waals surface area contributed by atoms with Crippen LogP contribution in [0.2, 0.25) is 0 Å². The van der Waals surface area contributed by atoms with E-state index in [1.807, 2.05) is 32.9 Å². The van der Waals surface area contributed by atoms with Crippen LogP contribution in [0.5, 0.6) is 0 Å². The quantitative estimate of drug-likeness (QED) is 0.799. The summed E-state index contributed by atoms with van der Waals surface area (Å²) in [4.78, 5) is 13.0. The number of carbonyl (C=O) groups excluding carboxylic acids is 1. The van der Waals surface area contributed by atoms with Crippen LogP contribution in [-0.2, 0) is 10.0 Å². The lowest BCUT2D eigenvalue weighted by atomic mass is 9.94. The molecule has 0 radical (unpaired) electrons. The average molecular weight is 415 g/mol. The predicted octanol–water partition coefficient (Wildman–Crippen LogP) is 4.53. The van der Waals surface area contributed by atoms with Gasteiger partial charge in [-0.1, -0.05) is 37.6 Å². The highest BCUT2D eigenvalue weighted by atomic mass is 32.2. The second-order valence-corrected chi connectivity index (χ2v) is 10.5. The molecule has 2 aromatic rings. The summed E-state index contributed by atoms with van der Waals surface area (Å²) in [6.45, 7) is 11.1. The van der Waals surface area contributed by atoms with Crippen LogP contribution in [0.3, 0.4) is 0 Å². The SMILES string of the molecule is Cc1cc(C)c(NC(=O)c2cccc(S(=O)(=O)N3C[C@@H](C)C[C@H](C)C3)c2)c(C)c1. The Kier molecular flexibility index (Phi) is 6.15. The van der Waals surface area contributed by atoms with E-state index < -0.39 is 10.0 Å². The summed E-state index contributed by atoms with van der Waals surface area (Å²) in [7, 11) is -3.63. The van der Waals surface area contributed by atoms with Gasteiger partial charge in [-0.25, -0.2) is 8.42 Å². The van der Waals surface area contributed by atoms with Crippen molar-refractivity contribution in [1.82, 2.24) is 4.31 Å². The van der Waals surface area contributed by atoms with E-state index in [9.17, 15) is 13.2 Å². The summed E-state index contributed by atoms with van der Waals surface area (Å²) < 4.78 is 27.9. The molecule has 0 bridgehead atoms. The molecule has 1 N–H and O–H groups in total. The molecule has 1 aliphatic rings. The zero-order valence-electron chi connectivity index (χ0n) is 17.8. The van der Waals surface area contributed by atoms with Gasteiger partial charge in [-0.05, 0) is 68.4 Å². The van der Waals surface area contributed by atoms with E-state index in [4.69, 9.17) is 0 Å². The smallest absolute Gasteiger partial charge is 0.255 e. The van der Waals surface area contributed by atoms with Crippen LogP contribution in [0.25, 0.3) is 0 Å². The number of anilines is 1. The third-order valence-electron chi connectivity index (χ3n) is 5.48. The van der Waals surface area contributed by atoms with Gasteiger partial charge >= 0.3 is 0 Å². The van der Waals surface area contributed by atoms with E-state index in [0.717, 1.165) is 28.8 Å². The van der Waals surface area contributed by atoms with Gasteiger partial charge in [-0.15, -0.1) is 0 Å². The highest BCUT2D eigenvalue weighted by molar-refractivity contribution is 7.89. The number of sulfonamides is 1. The molecule has 0 saturated carbocycles. The van der Waals surface area contributed by atoms with Gasteiger partial charge in [-0.3, -0.25) is 4.79 Å². The normalized spacial score (nSPS) is 20.4. The van der Waals surface area contributed by atoms with Gasteiger partial charge < -0.3 is 5.32 Å². The number of carbonyl (C=O) groups is 1. The molecule has 1 amide bonds. The maximum Gasteiger partial charge on any atom is 0.255 e. The summed E-state index contributed by atoms with van der Waals surface area (Å²) >= 11 is 0. The summed E-state index contributed by atoms with van der Waals surface area (Å²) in [5.74, 6) is 0.345. The Morgan fingerprint density at radius 1 is 1.00 bits per heavy atom. The minimum Gasteiger partial charge on any atom is -0.322 e. The predicted molar refractivity (Wildman–Crippen MR) is 117 cm³/mol. The highest BCUT2D eigenvalue weighted by Gasteiger charge is 2.32. The number of nitrogens with one attached hydrogen (secondary N) is 1. The van der Waals surface area contributed by atoms with Crippen LogP contribution in [0.15, 0.2) is 41.3 Å². The van der Waals surface area contributed by atoms with Gasteiger partial charge in [0.05, 0.1) is 4.90 Å². The summed E-state index contributed by atoms with van der Waals surface area (Å²) in [6.07, 6.45) is 1.03. The highest BCUT2D eigenvalue weighted by Crippen LogP contribution is 2.27. The van der Waals surface area contributed by atoms with E-state index in [0.29, 0.717) is 30.5 Å². The fraction of sp³-hybridized carbons (Fsp3) is 0.435. The lowest BCUT2D eigenvalue weighted by Gasteiger charge is -2.34. The Balaban J connectivity index is 1.87. The van der Waals surface area contributed by atoms with Gasteiger partial charge in [0.2, 0.25) is 10.0 Å². The van der Waals surface area contributed by atoms with E-state index in [-0.39, 0.29) is 10.8 Å². The second kappa shape index (κ2) is 8.28. The van der Waals surface area contributed by atoms with Crippen molar-refractivity contribution in [3.05, 3.63) is 58.7 Å². The Bertz CT molecular complexity index is 997. The number of benzene rings is 2. The summed E-state index contributed by atoms with van der Waals surface area (Å²) in [5, 5.41) is 2.95. The molecule has 6 heteroatoms. The number of hydrogen-bond acceptors (Lipinski definition) is 3. The monoisotopic (exact) mass is 414 g/mol. The molecule has 1 saturated heterocycles. The molecule has 156 valence electrons. The van der Waals surface area contributed by atoms with Crippen molar-refractivity contribution in [2.24, 2.45) is 11.8 Å². The van der Waals surface area contributed by atoms with Crippen LogP contribution in [0, 0.1) is 32.6 Å². The standard InChI is InChI=1S/C23H30N2O3S/c1-15-10-18(4)22(19(5)11-15)24-23(26)20-7-6-8-21(12-20)29(27,28)25-13-16(2)9-17(3)14-25/h6-8,10-12,16-17H,9,13-14H2,1-5H3,(H,24,26)/t16-,17-/m0/s1. The molecule has 3 rings (SSSR count). The van der Waals surface area contributed by atoms with Crippen molar-refractivity contribution in [3.63, 3.8) is 0 Å². The molecule has 1 heterocycles. The van der Waals surface area contributed by atoms with Crippen molar-refractivity contribution < 1.29 is 13.2 Å². The largest absolute Gasteiger partial charge is 0.322 e. The van der Waals surface area contributed by atoms with Crippen molar-refractivity contribution in [2.45, 2.75) is 45.9 Å². The lowest BCUT2D eigenvalue weighted by Crippen LogP contribution is -2.42. The first-order valence-corrected chi connectivity index (χ1v) is 11.5. The van der Waals surface area contributed by atoms with E-state index in [2.05, 4.69) is 19.2 Å². The van der Waals surface area contributed by atoms with E-state index in [1.54, 1.807) is 22.5 Å². The zero-order chi connectivity index (χ0) is 21.3. The van der Waals surface area contributed by atoms with Gasteiger partial charge in [0.1, 0.15) is 0 Å². The molecule has 1 fully saturated rings. The second-order valence-electron chi connectivity index (χ2n) is 8.52. The van der Waals surface area contributed by atoms with Crippen molar-refractivity contribution in [2.75, 3.05) is 18.4 Å². The Morgan fingerprint density at radius 2 is 1.59 bits per heavy atom. The number of rotatable bonds is 4. The number of aryl methyl sites for hydroxylation is 3. The van der Waals surface area contributed by atoms with Crippen LogP contribution < -0.4 is 5.32 Å². The van der Waals surface area contributed by atoms with E-state index in [1.165, 1.54) is 6.07 Å². The van der Waals surface area contributed by atoms with Crippen LogP contribution in [0.1, 0.15) is 47.3 Å². The minimum absolute atomic E-state index is 0.170. The van der Waals surface area contributed by atoms with Crippen LogP contribution in [0.4, 0.5) is 5.69 Å². The third-order valence-corrected chi connectivity index (χ3v) is 7.31. The molecule has 0 aliphatic carbocycles. The van der Waals surface area contributed by atoms with Crippen LogP contribution in [-0.4, -0.2) is 31.7 Å². The molecule has 2 aromatic carbocycles. The summed E-state index contributed by atoms with van der Waals surface area (Å²) in [5.41, 5.74) is 4.21. The van der Waals surface area contributed by atoms with Gasteiger partial charge in [0.15, 0.2) is 0 Å². The van der Waals surface area contributed by atoms with E-state index >= 15 is 0 Å². The Labute approximate surface area is 174 Å². The molecule has 0 unspecified atom stereocenters. The topological polar surface area (TPSA) is 66.5 Å². The van der Waals surface area contributed by atoms with Crippen molar-refractivity contribution >= 4 is 21.6 Å². The molecule has 0 spiro atoms. The molecule has 29 heavy (non-hydrogen) atoms. The fourth-order valence-corrected chi connectivity index (χ4v) is 6.04. The molecule has 5 nitrogen and oxygen atoms in total. The number of piperidine rings is 1. The molecular weight excluding hydrogens is 384 g/mol. The first-order chi connectivity index (χ1) is 13.6. The summed E-state index contributed by atoms with van der Waals surface area (Å²) in [6, 6.07) is 10.4. The Hall–Kier alpha value is -2.18. The first-order valence-electron chi connectivity index (χ1n) is 10.1. The number of nitrogens with zero attached hydrogens (tertiary/aromatic N) is 1. The molecule has 1 aliphatic heterocycles. The zero-order valence-corrected chi connectivity index (χ0v) is 18.6. The fourth-order valence-electron chi connectivity index (χ4n) is 4.31. The number of hydrogen-bond donors (Lipinski definition) is 1. The minimum atomic E-state index is -3.63. The third kappa shape index (κ3) is 4.70. The first kappa shape index (κ1) is 21.5. The number of amides is 1. The average Bonchev–Trinajstić information content (AvgIpc) is 2.63. The van der Waals surface area contributed by atoms with Crippen molar-refractivity contribution in [3.8, 4) is 0 Å². The van der Waals surface area contributed by atoms with Gasteiger partial charge in [-0.2, -0.15) is 4.31 Å². The lowest BCUT2D eigenvalue weighted by molar-refractivity contribution is 0.102. The van der Waals surface area contributed by atoms with Crippen molar-refractivity contribution in [1.29, 1.82) is 0 Å². The maximum atomic E-state index is 13.2. The Morgan fingerprint density at radius 3 is 2.17 bits per heavy atom. The molecule has 2 atom stereocenters. The molecule has 0 aromatic heterocycles. The van der Waals surface area contributed by atoms with Gasteiger partial charge in [0.25, 0.3) is 5.91 Å².